The van der Waals surface area contributed by atoms with Gasteiger partial charge in [-0.1, -0.05) is 0 Å². The maximum atomic E-state index is 10.9. The molecule has 0 aliphatic carbocycles. The van der Waals surface area contributed by atoms with Crippen LogP contribution in [0.1, 0.15) is 18.2 Å². The van der Waals surface area contributed by atoms with E-state index in [0.29, 0.717) is 25.6 Å². The Morgan fingerprint density at radius 3 is 2.78 bits per heavy atom. The summed E-state index contributed by atoms with van der Waals surface area (Å²) in [5.41, 5.74) is 3.05. The van der Waals surface area contributed by atoms with Gasteiger partial charge in [-0.2, -0.15) is 0 Å². The summed E-state index contributed by atoms with van der Waals surface area (Å²) in [7, 11) is 0. The Kier molecular flexibility index (Phi) is 5.88. The number of ether oxygens (including phenoxy) is 1. The van der Waals surface area contributed by atoms with Crippen molar-refractivity contribution in [3.05, 3.63) is 45.6 Å². The van der Waals surface area contributed by atoms with Gasteiger partial charge in [0.25, 0.3) is 5.69 Å². The molecule has 2 aliphatic rings. The van der Waals surface area contributed by atoms with Crippen LogP contribution < -0.4 is 10.2 Å². The van der Waals surface area contributed by atoms with Crippen molar-refractivity contribution in [3.8, 4) is 11.4 Å². The highest BCUT2D eigenvalue weighted by molar-refractivity contribution is 5.85. The molecule has 0 amide bonds. The van der Waals surface area contributed by atoms with Gasteiger partial charge in [0.2, 0.25) is 0 Å². The molecule has 0 unspecified atom stereocenters. The zero-order valence-corrected chi connectivity index (χ0v) is 15.9. The number of rotatable bonds is 3. The number of hydrogen-bond acceptors (Lipinski definition) is 7. The molecular weight excluding hydrogens is 370 g/mol. The number of morpholine rings is 1. The van der Waals surface area contributed by atoms with E-state index in [9.17, 15) is 10.1 Å². The molecule has 0 spiro atoms. The van der Waals surface area contributed by atoms with Crippen molar-refractivity contribution >= 4 is 23.9 Å². The third kappa shape index (κ3) is 3.87. The van der Waals surface area contributed by atoms with E-state index in [4.69, 9.17) is 14.7 Å². The minimum absolute atomic E-state index is 0. The average Bonchev–Trinajstić information content (AvgIpc) is 2.68. The molecule has 2 aromatic rings. The van der Waals surface area contributed by atoms with Crippen molar-refractivity contribution in [1.29, 1.82) is 0 Å². The number of non-ortho nitro benzene ring substituents is 1. The average molecular weight is 392 g/mol. The standard InChI is InChI=1S/C18H21N5O3.ClH/c1-12-11-26-9-8-22(12)18-15-6-7-19-10-16(15)20-17(21-18)13-2-4-14(5-3-13)23(24)25;/h2-5,12,19H,6-11H2,1H3;1H/t12-;/m0./s1. The quantitative estimate of drug-likeness (QED) is 0.634. The number of benzene rings is 1. The molecule has 27 heavy (non-hydrogen) atoms. The van der Waals surface area contributed by atoms with E-state index < -0.39 is 4.92 Å². The van der Waals surface area contributed by atoms with E-state index in [1.807, 2.05) is 0 Å². The second kappa shape index (κ2) is 8.16. The van der Waals surface area contributed by atoms with Crippen LogP contribution in [0.25, 0.3) is 11.4 Å². The Labute approximate surface area is 163 Å². The molecule has 0 radical (unpaired) electrons. The Hall–Kier alpha value is -2.29. The second-order valence-electron chi connectivity index (χ2n) is 6.64. The number of aromatic nitrogens is 2. The predicted octanol–water partition coefficient (Wildman–Crippen LogP) is 2.34. The van der Waals surface area contributed by atoms with E-state index in [-0.39, 0.29) is 24.1 Å². The lowest BCUT2D eigenvalue weighted by molar-refractivity contribution is -0.384. The fourth-order valence-electron chi connectivity index (χ4n) is 3.48. The summed E-state index contributed by atoms with van der Waals surface area (Å²) < 4.78 is 5.57. The first-order chi connectivity index (χ1) is 12.6. The summed E-state index contributed by atoms with van der Waals surface area (Å²) >= 11 is 0. The number of anilines is 1. The highest BCUT2D eigenvalue weighted by atomic mass is 35.5. The molecule has 144 valence electrons. The van der Waals surface area contributed by atoms with Gasteiger partial charge in [0, 0.05) is 36.3 Å². The zero-order valence-electron chi connectivity index (χ0n) is 15.1. The van der Waals surface area contributed by atoms with Gasteiger partial charge in [-0.15, -0.1) is 12.4 Å². The van der Waals surface area contributed by atoms with Crippen molar-refractivity contribution in [2.75, 3.05) is 31.2 Å². The third-order valence-electron chi connectivity index (χ3n) is 4.89. The summed E-state index contributed by atoms with van der Waals surface area (Å²) in [6.07, 6.45) is 0.898. The molecule has 3 heterocycles. The van der Waals surface area contributed by atoms with E-state index in [2.05, 4.69) is 17.1 Å². The summed E-state index contributed by atoms with van der Waals surface area (Å²) in [6.45, 7) is 5.94. The monoisotopic (exact) mass is 391 g/mol. The normalized spacial score (nSPS) is 19.1. The summed E-state index contributed by atoms with van der Waals surface area (Å²) in [5, 5.41) is 14.2. The minimum atomic E-state index is -0.401. The first-order valence-electron chi connectivity index (χ1n) is 8.83. The minimum Gasteiger partial charge on any atom is -0.377 e. The predicted molar refractivity (Wildman–Crippen MR) is 104 cm³/mol. The molecule has 1 N–H and O–H groups in total. The highest BCUT2D eigenvalue weighted by Gasteiger charge is 2.27. The maximum absolute atomic E-state index is 10.9. The second-order valence-corrected chi connectivity index (χ2v) is 6.64. The van der Waals surface area contributed by atoms with Gasteiger partial charge < -0.3 is 15.0 Å². The number of hydrogen-bond donors (Lipinski definition) is 1. The van der Waals surface area contributed by atoms with Gasteiger partial charge in [0.15, 0.2) is 5.82 Å². The SMILES string of the molecule is C[C@H]1COCCN1c1nc(-c2ccc([N+](=O)[O-])cc2)nc2c1CCNC2.Cl. The van der Waals surface area contributed by atoms with Crippen molar-refractivity contribution in [3.63, 3.8) is 0 Å². The third-order valence-corrected chi connectivity index (χ3v) is 4.89. The number of halogens is 1. The number of nitro groups is 1. The van der Waals surface area contributed by atoms with Gasteiger partial charge in [0.1, 0.15) is 5.82 Å². The van der Waals surface area contributed by atoms with Crippen LogP contribution in [0.5, 0.6) is 0 Å². The molecule has 4 rings (SSSR count). The van der Waals surface area contributed by atoms with Gasteiger partial charge in [-0.3, -0.25) is 10.1 Å². The number of nitro benzene ring substituents is 1. The fraction of sp³-hybridized carbons (Fsp3) is 0.444. The van der Waals surface area contributed by atoms with E-state index >= 15 is 0 Å². The van der Waals surface area contributed by atoms with Crippen molar-refractivity contribution in [1.82, 2.24) is 15.3 Å². The number of nitrogens with one attached hydrogen (secondary N) is 1. The smallest absolute Gasteiger partial charge is 0.269 e. The van der Waals surface area contributed by atoms with Gasteiger partial charge in [-0.05, 0) is 32.0 Å². The van der Waals surface area contributed by atoms with Crippen LogP contribution in [0.3, 0.4) is 0 Å². The maximum Gasteiger partial charge on any atom is 0.269 e. The van der Waals surface area contributed by atoms with E-state index in [1.165, 1.54) is 17.7 Å². The van der Waals surface area contributed by atoms with Crippen LogP contribution >= 0.6 is 12.4 Å². The van der Waals surface area contributed by atoms with Crippen LogP contribution in [0.15, 0.2) is 24.3 Å². The van der Waals surface area contributed by atoms with Crippen LogP contribution in [0.4, 0.5) is 11.5 Å². The molecule has 1 atom stereocenters. The first-order valence-corrected chi connectivity index (χ1v) is 8.83. The molecule has 1 aromatic heterocycles. The molecule has 0 bridgehead atoms. The Bertz CT molecular complexity index is 830. The lowest BCUT2D eigenvalue weighted by Crippen LogP contribution is -2.45. The van der Waals surface area contributed by atoms with Crippen molar-refractivity contribution < 1.29 is 9.66 Å². The molecule has 8 nitrogen and oxygen atoms in total. The van der Waals surface area contributed by atoms with Gasteiger partial charge in [-0.25, -0.2) is 9.97 Å². The topological polar surface area (TPSA) is 93.4 Å². The molecular formula is C18H22ClN5O3. The van der Waals surface area contributed by atoms with Crippen LogP contribution in [-0.4, -0.2) is 47.2 Å². The molecule has 9 heteroatoms. The zero-order chi connectivity index (χ0) is 18.1. The number of fused-ring (bicyclic) bond motifs is 1. The van der Waals surface area contributed by atoms with Gasteiger partial charge >= 0.3 is 0 Å². The van der Waals surface area contributed by atoms with Crippen LogP contribution in [0, 0.1) is 10.1 Å². The largest absolute Gasteiger partial charge is 0.377 e. The summed E-state index contributed by atoms with van der Waals surface area (Å²) in [5.74, 6) is 1.58. The Balaban J connectivity index is 0.00000210. The number of nitrogens with zero attached hydrogens (tertiary/aromatic N) is 4. The summed E-state index contributed by atoms with van der Waals surface area (Å²) in [6, 6.07) is 6.66. The molecule has 1 aromatic carbocycles. The molecule has 1 saturated heterocycles. The van der Waals surface area contributed by atoms with E-state index in [0.717, 1.165) is 36.6 Å². The highest BCUT2D eigenvalue weighted by Crippen LogP contribution is 2.30. The Morgan fingerprint density at radius 1 is 1.30 bits per heavy atom. The first kappa shape index (κ1) is 19.5. The van der Waals surface area contributed by atoms with E-state index in [1.54, 1.807) is 12.1 Å². The van der Waals surface area contributed by atoms with Crippen LogP contribution in [0.2, 0.25) is 0 Å². The Morgan fingerprint density at radius 2 is 2.07 bits per heavy atom. The van der Waals surface area contributed by atoms with Crippen LogP contribution in [-0.2, 0) is 17.7 Å². The molecule has 2 aliphatic heterocycles. The molecule has 1 fully saturated rings. The van der Waals surface area contributed by atoms with Gasteiger partial charge in [0.05, 0.1) is 29.9 Å². The van der Waals surface area contributed by atoms with Crippen molar-refractivity contribution in [2.45, 2.75) is 25.9 Å². The molecule has 0 saturated carbocycles. The lowest BCUT2D eigenvalue weighted by atomic mass is 10.0. The fourth-order valence-corrected chi connectivity index (χ4v) is 3.48. The lowest BCUT2D eigenvalue weighted by Gasteiger charge is -2.36. The summed E-state index contributed by atoms with van der Waals surface area (Å²) in [4.78, 5) is 22.4. The van der Waals surface area contributed by atoms with Crippen molar-refractivity contribution in [2.24, 2.45) is 0 Å².